The molecule has 0 spiro atoms. The number of aryl methyl sites for hydroxylation is 1. The van der Waals surface area contributed by atoms with E-state index in [1.165, 1.54) is 10.4 Å². The maximum atomic E-state index is 11.9. The van der Waals surface area contributed by atoms with Gasteiger partial charge in [-0.1, -0.05) is 24.3 Å². The summed E-state index contributed by atoms with van der Waals surface area (Å²) in [6, 6.07) is 9.72. The van der Waals surface area contributed by atoms with Gasteiger partial charge >= 0.3 is 5.97 Å². The van der Waals surface area contributed by atoms with E-state index in [4.69, 9.17) is 4.84 Å². The Labute approximate surface area is 123 Å². The summed E-state index contributed by atoms with van der Waals surface area (Å²) in [5.41, 5.74) is 1.00. The maximum absolute atomic E-state index is 11.9. The first-order valence-corrected chi connectivity index (χ1v) is 7.19. The molecule has 0 saturated carbocycles. The molecule has 0 bridgehead atoms. The Morgan fingerprint density at radius 3 is 2.76 bits per heavy atom. The second-order valence-corrected chi connectivity index (χ2v) is 5.45. The number of carbonyl (C=O) groups is 1. The molecule has 1 aromatic heterocycles. The molecule has 1 atom stereocenters. The number of aromatic nitrogens is 2. The van der Waals surface area contributed by atoms with E-state index in [2.05, 4.69) is 11.2 Å². The predicted octanol–water partition coefficient (Wildman–Crippen LogP) is 2.10. The molecule has 2 aromatic rings. The van der Waals surface area contributed by atoms with Crippen LogP contribution >= 0.6 is 0 Å². The van der Waals surface area contributed by atoms with Crippen molar-refractivity contribution < 1.29 is 14.7 Å². The van der Waals surface area contributed by atoms with Gasteiger partial charge in [-0.05, 0) is 36.5 Å². The van der Waals surface area contributed by atoms with Crippen LogP contribution in [0.25, 0.3) is 0 Å². The van der Waals surface area contributed by atoms with Crippen molar-refractivity contribution in [3.63, 3.8) is 0 Å². The van der Waals surface area contributed by atoms with Gasteiger partial charge in [-0.3, -0.25) is 0 Å². The Bertz CT molecular complexity index is 624. The molecule has 0 saturated heterocycles. The molecule has 1 unspecified atom stereocenters. The van der Waals surface area contributed by atoms with Crippen LogP contribution in [0, 0.1) is 0 Å². The van der Waals surface area contributed by atoms with Gasteiger partial charge in [0.2, 0.25) is 5.60 Å². The molecule has 21 heavy (non-hydrogen) atoms. The van der Waals surface area contributed by atoms with Gasteiger partial charge in [-0.2, -0.15) is 0 Å². The van der Waals surface area contributed by atoms with E-state index in [1.54, 1.807) is 18.5 Å². The van der Waals surface area contributed by atoms with Crippen molar-refractivity contribution in [2.75, 3.05) is 0 Å². The van der Waals surface area contributed by atoms with Gasteiger partial charge in [-0.25, -0.2) is 4.79 Å². The molecule has 0 fully saturated rings. The lowest BCUT2D eigenvalue weighted by molar-refractivity contribution is -0.170. The summed E-state index contributed by atoms with van der Waals surface area (Å²) >= 11 is 0. The SMILES string of the molecule is O=C(O)C1(On2cccn2)CCCCc2ccccc2C1. The van der Waals surface area contributed by atoms with Crippen LogP contribution in [0.5, 0.6) is 0 Å². The van der Waals surface area contributed by atoms with E-state index in [0.717, 1.165) is 24.8 Å². The van der Waals surface area contributed by atoms with E-state index >= 15 is 0 Å². The van der Waals surface area contributed by atoms with Crippen LogP contribution in [0.3, 0.4) is 0 Å². The van der Waals surface area contributed by atoms with Crippen LogP contribution in [-0.4, -0.2) is 26.6 Å². The summed E-state index contributed by atoms with van der Waals surface area (Å²) in [6.45, 7) is 0. The molecule has 5 heteroatoms. The van der Waals surface area contributed by atoms with Gasteiger partial charge in [0.25, 0.3) is 0 Å². The van der Waals surface area contributed by atoms with Gasteiger partial charge < -0.3 is 9.94 Å². The fourth-order valence-corrected chi connectivity index (χ4v) is 2.88. The highest BCUT2D eigenvalue weighted by Crippen LogP contribution is 2.28. The maximum Gasteiger partial charge on any atom is 0.351 e. The van der Waals surface area contributed by atoms with Crippen LogP contribution in [0.2, 0.25) is 0 Å². The number of nitrogens with zero attached hydrogens (tertiary/aromatic N) is 2. The van der Waals surface area contributed by atoms with Gasteiger partial charge in [0, 0.05) is 12.8 Å². The second kappa shape index (κ2) is 5.60. The standard InChI is InChI=1S/C16H18N2O3/c19-15(20)16(21-18-11-5-10-17-18)9-4-3-7-13-6-1-2-8-14(13)12-16/h1-2,5-6,8,10-11H,3-4,7,9,12H2,(H,19,20). The van der Waals surface area contributed by atoms with Crippen LogP contribution < -0.4 is 4.84 Å². The van der Waals surface area contributed by atoms with Gasteiger partial charge in [0.1, 0.15) is 0 Å². The van der Waals surface area contributed by atoms with Crippen molar-refractivity contribution in [1.82, 2.24) is 9.94 Å². The molecular formula is C16H18N2O3. The zero-order chi connectivity index (χ0) is 14.7. The van der Waals surface area contributed by atoms with Crippen molar-refractivity contribution >= 4 is 5.97 Å². The van der Waals surface area contributed by atoms with Gasteiger partial charge in [0.15, 0.2) is 0 Å². The minimum atomic E-state index is -1.26. The van der Waals surface area contributed by atoms with Crippen LogP contribution in [-0.2, 0) is 17.6 Å². The van der Waals surface area contributed by atoms with Crippen LogP contribution in [0.1, 0.15) is 30.4 Å². The fourth-order valence-electron chi connectivity index (χ4n) is 2.88. The second-order valence-electron chi connectivity index (χ2n) is 5.45. The summed E-state index contributed by atoms with van der Waals surface area (Å²) in [7, 11) is 0. The first-order chi connectivity index (χ1) is 10.2. The van der Waals surface area contributed by atoms with Gasteiger partial charge in [0.05, 0.1) is 12.4 Å². The third kappa shape index (κ3) is 2.77. The van der Waals surface area contributed by atoms with E-state index in [-0.39, 0.29) is 0 Å². The number of carboxylic acid groups (broad SMARTS) is 1. The van der Waals surface area contributed by atoms with Crippen LogP contribution in [0.15, 0.2) is 42.7 Å². The smallest absolute Gasteiger partial charge is 0.351 e. The normalized spacial score (nSPS) is 21.9. The summed E-state index contributed by atoms with van der Waals surface area (Å²) in [5.74, 6) is -0.935. The zero-order valence-corrected chi connectivity index (χ0v) is 11.7. The fraction of sp³-hybridized carbons (Fsp3) is 0.375. The third-order valence-electron chi connectivity index (χ3n) is 4.01. The Balaban J connectivity index is 1.97. The molecular weight excluding hydrogens is 268 g/mol. The quantitative estimate of drug-likeness (QED) is 0.938. The van der Waals surface area contributed by atoms with Crippen molar-refractivity contribution in [1.29, 1.82) is 0 Å². The van der Waals surface area contributed by atoms with E-state index < -0.39 is 11.6 Å². The molecule has 3 rings (SSSR count). The number of rotatable bonds is 3. The van der Waals surface area contributed by atoms with Crippen molar-refractivity contribution in [3.05, 3.63) is 53.9 Å². The van der Waals surface area contributed by atoms with Gasteiger partial charge in [-0.15, -0.1) is 9.94 Å². The molecule has 0 amide bonds. The lowest BCUT2D eigenvalue weighted by Crippen LogP contribution is -2.51. The molecule has 0 radical (unpaired) electrons. The number of hydrogen-bond acceptors (Lipinski definition) is 3. The Morgan fingerprint density at radius 2 is 2.05 bits per heavy atom. The lowest BCUT2D eigenvalue weighted by Gasteiger charge is -2.31. The van der Waals surface area contributed by atoms with Crippen molar-refractivity contribution in [3.8, 4) is 0 Å². The number of benzene rings is 1. The molecule has 1 aromatic carbocycles. The molecule has 110 valence electrons. The first-order valence-electron chi connectivity index (χ1n) is 7.19. The lowest BCUT2D eigenvalue weighted by atomic mass is 9.83. The molecule has 1 aliphatic carbocycles. The van der Waals surface area contributed by atoms with Crippen LogP contribution in [0.4, 0.5) is 0 Å². The Hall–Kier alpha value is -2.30. The molecule has 1 heterocycles. The van der Waals surface area contributed by atoms with E-state index in [1.807, 2.05) is 18.2 Å². The summed E-state index contributed by atoms with van der Waals surface area (Å²) in [4.78, 5) is 18.9. The number of carboxylic acids is 1. The zero-order valence-electron chi connectivity index (χ0n) is 11.7. The summed E-state index contributed by atoms with van der Waals surface area (Å²) in [5, 5.41) is 13.7. The molecule has 1 N–H and O–H groups in total. The predicted molar refractivity (Wildman–Crippen MR) is 76.9 cm³/mol. The number of hydrogen-bond donors (Lipinski definition) is 1. The highest BCUT2D eigenvalue weighted by Gasteiger charge is 2.43. The van der Waals surface area contributed by atoms with Crippen molar-refractivity contribution in [2.45, 2.75) is 37.7 Å². The number of fused-ring (bicyclic) bond motifs is 1. The van der Waals surface area contributed by atoms with Crippen molar-refractivity contribution in [2.24, 2.45) is 0 Å². The average molecular weight is 286 g/mol. The van der Waals surface area contributed by atoms with E-state index in [0.29, 0.717) is 12.8 Å². The largest absolute Gasteiger partial charge is 0.478 e. The monoisotopic (exact) mass is 286 g/mol. The summed E-state index contributed by atoms with van der Waals surface area (Å²) in [6.07, 6.45) is 6.82. The number of aliphatic carboxylic acids is 1. The summed E-state index contributed by atoms with van der Waals surface area (Å²) < 4.78 is 0. The first kappa shape index (κ1) is 13.7. The molecule has 0 aliphatic heterocycles. The highest BCUT2D eigenvalue weighted by molar-refractivity contribution is 5.78. The average Bonchev–Trinajstić information content (AvgIpc) is 2.94. The molecule has 1 aliphatic rings. The minimum absolute atomic E-state index is 0.359. The van der Waals surface area contributed by atoms with E-state index in [9.17, 15) is 9.90 Å². The third-order valence-corrected chi connectivity index (χ3v) is 4.01. The topological polar surface area (TPSA) is 64.3 Å². The Morgan fingerprint density at radius 1 is 1.24 bits per heavy atom. The molecule has 5 nitrogen and oxygen atoms in total. The minimum Gasteiger partial charge on any atom is -0.478 e. The highest BCUT2D eigenvalue weighted by atomic mass is 16.7. The Kier molecular flexibility index (Phi) is 3.64.